The second-order valence-corrected chi connectivity index (χ2v) is 8.97. The van der Waals surface area contributed by atoms with Crippen molar-refractivity contribution in [1.29, 1.82) is 0 Å². The number of amides is 1. The molecule has 2 aromatic rings. The van der Waals surface area contributed by atoms with Gasteiger partial charge in [-0.1, -0.05) is 12.1 Å². The molecule has 1 N–H and O–H groups in total. The third-order valence-electron chi connectivity index (χ3n) is 5.33. The van der Waals surface area contributed by atoms with Crippen LogP contribution in [0.4, 0.5) is 0 Å². The smallest absolute Gasteiger partial charge is 0.276 e. The zero-order chi connectivity index (χ0) is 21.5. The maximum Gasteiger partial charge on any atom is 0.276 e. The topological polar surface area (TPSA) is 90.0 Å². The Labute approximate surface area is 184 Å². The van der Waals surface area contributed by atoms with E-state index in [-0.39, 0.29) is 6.10 Å². The Hall–Kier alpha value is -2.33. The van der Waals surface area contributed by atoms with Gasteiger partial charge in [0.1, 0.15) is 22.8 Å². The molecule has 2 unspecified atom stereocenters. The number of nitrogens with one attached hydrogen (secondary N) is 1. The number of hydroxylamine groups is 1. The molecule has 8 nitrogen and oxygen atoms in total. The molecule has 2 atom stereocenters. The summed E-state index contributed by atoms with van der Waals surface area (Å²) in [5.74, 6) is 0.368. The van der Waals surface area contributed by atoms with Crippen molar-refractivity contribution in [2.24, 2.45) is 0 Å². The van der Waals surface area contributed by atoms with Crippen LogP contribution in [-0.2, 0) is 20.6 Å². The maximum atomic E-state index is 13.2. The maximum absolute atomic E-state index is 13.2. The molecule has 0 spiro atoms. The number of carbonyl (C=O) groups excluding carboxylic acids is 1. The minimum absolute atomic E-state index is 0.0677. The van der Waals surface area contributed by atoms with E-state index in [2.05, 4.69) is 10.5 Å². The summed E-state index contributed by atoms with van der Waals surface area (Å²) in [6, 6.07) is 10.6. The van der Waals surface area contributed by atoms with E-state index in [0.29, 0.717) is 30.2 Å². The van der Waals surface area contributed by atoms with E-state index in [4.69, 9.17) is 14.3 Å². The van der Waals surface area contributed by atoms with E-state index in [1.54, 1.807) is 36.7 Å². The number of aromatic nitrogens is 1. The third kappa shape index (κ3) is 5.88. The molecule has 9 heteroatoms. The van der Waals surface area contributed by atoms with Crippen LogP contribution in [0.3, 0.4) is 0 Å². The fourth-order valence-corrected chi connectivity index (χ4v) is 5.01. The summed E-state index contributed by atoms with van der Waals surface area (Å²) in [5.41, 5.74) is 2.80. The molecule has 0 bridgehead atoms. The number of piperidine rings is 1. The summed E-state index contributed by atoms with van der Waals surface area (Å²) >= 11 is 0. The Kier molecular flexibility index (Phi) is 7.63. The molecular weight excluding hydrogens is 418 g/mol. The van der Waals surface area contributed by atoms with Crippen LogP contribution in [0.15, 0.2) is 53.7 Å². The average Bonchev–Trinajstić information content (AvgIpc) is 2.84. The molecule has 0 radical (unpaired) electrons. The van der Waals surface area contributed by atoms with Gasteiger partial charge in [-0.25, -0.2) is 18.8 Å². The summed E-state index contributed by atoms with van der Waals surface area (Å²) in [4.78, 5) is 22.5. The van der Waals surface area contributed by atoms with Crippen LogP contribution >= 0.6 is 0 Å². The van der Waals surface area contributed by atoms with Gasteiger partial charge in [-0.3, -0.25) is 9.78 Å². The number of carbonyl (C=O) groups is 1. The Balaban J connectivity index is 1.34. The molecule has 3 heterocycles. The molecule has 2 fully saturated rings. The van der Waals surface area contributed by atoms with Crippen molar-refractivity contribution in [3.63, 3.8) is 0 Å². The van der Waals surface area contributed by atoms with Crippen LogP contribution in [0.25, 0.3) is 0 Å². The minimum Gasteiger partial charge on any atom is -0.490 e. The average molecular weight is 446 g/mol. The molecule has 1 amide bonds. The first-order valence-electron chi connectivity index (χ1n) is 10.6. The van der Waals surface area contributed by atoms with Gasteiger partial charge >= 0.3 is 0 Å². The minimum atomic E-state index is -1.45. The normalized spacial score (nSPS) is 21.4. The first-order valence-corrected chi connectivity index (χ1v) is 11.7. The summed E-state index contributed by atoms with van der Waals surface area (Å²) < 4.78 is 26.6. The predicted octanol–water partition coefficient (Wildman–Crippen LogP) is 2.84. The number of benzene rings is 1. The Bertz CT molecular complexity index is 884. The zero-order valence-corrected chi connectivity index (χ0v) is 18.1. The van der Waals surface area contributed by atoms with Crippen molar-refractivity contribution in [3.05, 3.63) is 54.4 Å². The van der Waals surface area contributed by atoms with Gasteiger partial charge in [-0.05, 0) is 49.9 Å². The summed E-state index contributed by atoms with van der Waals surface area (Å²) in [5, 5.41) is 0. The van der Waals surface area contributed by atoms with Gasteiger partial charge < -0.3 is 9.47 Å². The van der Waals surface area contributed by atoms with Gasteiger partial charge in [0.05, 0.1) is 10.5 Å². The molecule has 2 saturated heterocycles. The highest BCUT2D eigenvalue weighted by Crippen LogP contribution is 2.23. The molecule has 166 valence electrons. The van der Waals surface area contributed by atoms with Crippen LogP contribution in [0.5, 0.6) is 5.75 Å². The van der Waals surface area contributed by atoms with Crippen molar-refractivity contribution in [1.82, 2.24) is 14.8 Å². The van der Waals surface area contributed by atoms with Crippen LogP contribution in [0, 0.1) is 0 Å². The monoisotopic (exact) mass is 445 g/mol. The van der Waals surface area contributed by atoms with E-state index >= 15 is 0 Å². The van der Waals surface area contributed by atoms with Gasteiger partial charge in [0.15, 0.2) is 6.29 Å². The molecule has 2 aliphatic heterocycles. The predicted molar refractivity (Wildman–Crippen MR) is 114 cm³/mol. The highest BCUT2D eigenvalue weighted by atomic mass is 32.2. The molecule has 31 heavy (non-hydrogen) atoms. The number of pyridine rings is 1. The summed E-state index contributed by atoms with van der Waals surface area (Å²) in [7, 11) is -1.45. The molecule has 4 rings (SSSR count). The Morgan fingerprint density at radius 3 is 2.61 bits per heavy atom. The van der Waals surface area contributed by atoms with Gasteiger partial charge in [0.25, 0.3) is 5.91 Å². The van der Waals surface area contributed by atoms with E-state index in [1.165, 1.54) is 0 Å². The lowest BCUT2D eigenvalue weighted by molar-refractivity contribution is -0.186. The molecule has 1 aromatic carbocycles. The van der Waals surface area contributed by atoms with Crippen molar-refractivity contribution in [2.45, 2.75) is 49.4 Å². The van der Waals surface area contributed by atoms with Gasteiger partial charge in [0, 0.05) is 38.5 Å². The van der Waals surface area contributed by atoms with E-state index < -0.39 is 23.2 Å². The lowest BCUT2D eigenvalue weighted by Gasteiger charge is -2.31. The largest absolute Gasteiger partial charge is 0.490 e. The molecule has 0 saturated carbocycles. The second-order valence-electron chi connectivity index (χ2n) is 7.52. The SMILES string of the molecule is O=C(NOC1CCCCO1)c1ccccc1S(=O)N1CCC(Oc2ccncc2)CC1. The zero-order valence-electron chi connectivity index (χ0n) is 17.3. The van der Waals surface area contributed by atoms with Crippen molar-refractivity contribution < 1.29 is 23.3 Å². The number of hydrogen-bond acceptors (Lipinski definition) is 6. The lowest BCUT2D eigenvalue weighted by atomic mass is 10.1. The highest BCUT2D eigenvalue weighted by Gasteiger charge is 2.27. The van der Waals surface area contributed by atoms with Gasteiger partial charge in [-0.15, -0.1) is 0 Å². The number of rotatable bonds is 7. The second kappa shape index (κ2) is 10.8. The van der Waals surface area contributed by atoms with Crippen molar-refractivity contribution in [3.8, 4) is 5.75 Å². The highest BCUT2D eigenvalue weighted by molar-refractivity contribution is 7.82. The van der Waals surface area contributed by atoms with Crippen LogP contribution in [0.2, 0.25) is 0 Å². The van der Waals surface area contributed by atoms with Gasteiger partial charge in [-0.2, -0.15) is 0 Å². The summed E-state index contributed by atoms with van der Waals surface area (Å²) in [6.45, 7) is 1.86. The number of hydrogen-bond donors (Lipinski definition) is 1. The Morgan fingerprint density at radius 1 is 1.10 bits per heavy atom. The lowest BCUT2D eigenvalue weighted by Crippen LogP contribution is -2.40. The molecule has 2 aliphatic rings. The van der Waals surface area contributed by atoms with Crippen LogP contribution < -0.4 is 10.2 Å². The fourth-order valence-electron chi connectivity index (χ4n) is 3.65. The first kappa shape index (κ1) is 21.9. The number of nitrogens with zero attached hydrogens (tertiary/aromatic N) is 2. The quantitative estimate of drug-likeness (QED) is 0.659. The van der Waals surface area contributed by atoms with E-state index in [1.807, 2.05) is 16.4 Å². The van der Waals surface area contributed by atoms with Crippen molar-refractivity contribution >= 4 is 16.9 Å². The molecule has 1 aromatic heterocycles. The first-order chi connectivity index (χ1) is 15.2. The van der Waals surface area contributed by atoms with Crippen molar-refractivity contribution in [2.75, 3.05) is 19.7 Å². The number of ether oxygens (including phenoxy) is 2. The van der Waals surface area contributed by atoms with Gasteiger partial charge in [0.2, 0.25) is 0 Å². The third-order valence-corrected chi connectivity index (χ3v) is 6.90. The van der Waals surface area contributed by atoms with E-state index in [0.717, 1.165) is 37.9 Å². The molecular formula is C22H27N3O5S. The standard InChI is InChI=1S/C22H27N3O5S/c26-22(24-30-21-7-3-4-16-28-21)19-5-1-2-6-20(19)31(27)25-14-10-18(11-15-25)29-17-8-12-23-13-9-17/h1-2,5-6,8-9,12-13,18,21H,3-4,7,10-11,14-16H2,(H,24,26). The fraction of sp³-hybridized carbons (Fsp3) is 0.455. The Morgan fingerprint density at radius 2 is 1.87 bits per heavy atom. The van der Waals surface area contributed by atoms with E-state index in [9.17, 15) is 9.00 Å². The van der Waals surface area contributed by atoms with Crippen LogP contribution in [0.1, 0.15) is 42.5 Å². The van der Waals surface area contributed by atoms with Crippen LogP contribution in [-0.4, -0.2) is 51.5 Å². The summed E-state index contributed by atoms with van der Waals surface area (Å²) in [6.07, 6.45) is 7.28. The molecule has 0 aliphatic carbocycles.